The van der Waals surface area contributed by atoms with Gasteiger partial charge in [0.25, 0.3) is 0 Å². The summed E-state index contributed by atoms with van der Waals surface area (Å²) in [5, 5.41) is 4.27. The first-order valence-electron chi connectivity index (χ1n) is 7.92. The molecular weight excluding hydrogens is 311 g/mol. The average Bonchev–Trinajstić information content (AvgIpc) is 2.95. The van der Waals surface area contributed by atoms with Crippen LogP contribution >= 0.6 is 0 Å². The van der Waals surface area contributed by atoms with E-state index in [1.54, 1.807) is 18.3 Å². The smallest absolute Gasteiger partial charge is 0.239 e. The molecule has 1 aromatic heterocycles. The first-order valence-corrected chi connectivity index (χ1v) is 7.92. The predicted molar refractivity (Wildman–Crippen MR) is 86.6 cm³/mol. The topological polar surface area (TPSA) is 73.4 Å². The molecule has 7 heteroatoms. The number of hydrogen-bond acceptors (Lipinski definition) is 4. The number of rotatable bonds is 5. The van der Waals surface area contributed by atoms with Crippen LogP contribution in [0.25, 0.3) is 0 Å². The Kier molecular flexibility index (Phi) is 4.92. The number of nitrogens with two attached hydrogens (primary N) is 1. The highest BCUT2D eigenvalue weighted by molar-refractivity contribution is 5.81. The number of amides is 1. The molecule has 0 radical (unpaired) electrons. The van der Waals surface area contributed by atoms with Gasteiger partial charge in [0.15, 0.2) is 0 Å². The lowest BCUT2D eigenvalue weighted by Gasteiger charge is -2.37. The van der Waals surface area contributed by atoms with Crippen molar-refractivity contribution in [3.63, 3.8) is 0 Å². The molecule has 1 aliphatic heterocycles. The summed E-state index contributed by atoms with van der Waals surface area (Å²) < 4.78 is 20.8. The van der Waals surface area contributed by atoms with Gasteiger partial charge in [-0.2, -0.15) is 5.10 Å². The minimum atomic E-state index is -0.587. The molecule has 24 heavy (non-hydrogen) atoms. The van der Waals surface area contributed by atoms with Crippen molar-refractivity contribution in [3.05, 3.63) is 53.6 Å². The van der Waals surface area contributed by atoms with E-state index in [0.29, 0.717) is 31.8 Å². The van der Waals surface area contributed by atoms with Gasteiger partial charge in [-0.05, 0) is 30.2 Å². The Morgan fingerprint density at radius 2 is 2.21 bits per heavy atom. The number of ether oxygens (including phenoxy) is 1. The molecule has 0 spiro atoms. The van der Waals surface area contributed by atoms with Gasteiger partial charge in [0.2, 0.25) is 5.91 Å². The van der Waals surface area contributed by atoms with E-state index < -0.39 is 11.9 Å². The molecule has 128 valence electrons. The Bertz CT molecular complexity index is 701. The van der Waals surface area contributed by atoms with Crippen LogP contribution in [0.2, 0.25) is 0 Å². The van der Waals surface area contributed by atoms with Crippen molar-refractivity contribution in [1.29, 1.82) is 0 Å². The maximum absolute atomic E-state index is 13.1. The molecule has 0 saturated carbocycles. The normalized spacial score (nSPS) is 20.0. The predicted octanol–water partition coefficient (Wildman–Crippen LogP) is 1.26. The Hall–Kier alpha value is -2.25. The van der Waals surface area contributed by atoms with Gasteiger partial charge in [0, 0.05) is 19.3 Å². The Morgan fingerprint density at radius 3 is 2.83 bits per heavy atom. The number of morpholine rings is 1. The van der Waals surface area contributed by atoms with E-state index in [1.807, 2.05) is 22.7 Å². The second-order valence-corrected chi connectivity index (χ2v) is 6.08. The molecule has 1 amide bonds. The summed E-state index contributed by atoms with van der Waals surface area (Å²) in [7, 11) is 0. The number of benzene rings is 1. The van der Waals surface area contributed by atoms with Crippen molar-refractivity contribution in [3.8, 4) is 0 Å². The van der Waals surface area contributed by atoms with Crippen molar-refractivity contribution < 1.29 is 13.9 Å². The van der Waals surface area contributed by atoms with Crippen molar-refractivity contribution in [2.45, 2.75) is 25.6 Å². The molecule has 1 saturated heterocycles. The third kappa shape index (κ3) is 3.80. The lowest BCUT2D eigenvalue weighted by atomic mass is 10.0. The van der Waals surface area contributed by atoms with E-state index in [2.05, 4.69) is 5.10 Å². The van der Waals surface area contributed by atoms with Gasteiger partial charge in [-0.15, -0.1) is 0 Å². The van der Waals surface area contributed by atoms with E-state index in [1.165, 1.54) is 12.1 Å². The third-order valence-corrected chi connectivity index (χ3v) is 4.14. The van der Waals surface area contributed by atoms with Gasteiger partial charge in [0.1, 0.15) is 11.9 Å². The number of aryl methyl sites for hydroxylation is 1. The van der Waals surface area contributed by atoms with E-state index >= 15 is 0 Å². The molecule has 6 nitrogen and oxygen atoms in total. The van der Waals surface area contributed by atoms with Crippen LogP contribution in [0.3, 0.4) is 0 Å². The summed E-state index contributed by atoms with van der Waals surface area (Å²) in [5.41, 5.74) is 7.39. The molecule has 2 heterocycles. The van der Waals surface area contributed by atoms with E-state index in [0.717, 1.165) is 5.56 Å². The quantitative estimate of drug-likeness (QED) is 0.894. The SMILES string of the molecule is Cc1cnn(C[C@@H]2CN([C@@H](C(N)=O)c3ccc(F)cc3)CCO2)c1. The van der Waals surface area contributed by atoms with Gasteiger partial charge >= 0.3 is 0 Å². The number of primary amides is 1. The molecule has 2 atom stereocenters. The first kappa shape index (κ1) is 16.6. The van der Waals surface area contributed by atoms with Gasteiger partial charge in [-0.25, -0.2) is 4.39 Å². The summed E-state index contributed by atoms with van der Waals surface area (Å²) in [6.45, 7) is 4.26. The van der Waals surface area contributed by atoms with Crippen LogP contribution in [0.5, 0.6) is 0 Å². The lowest BCUT2D eigenvalue weighted by molar-refractivity contribution is -0.127. The second-order valence-electron chi connectivity index (χ2n) is 6.08. The summed E-state index contributed by atoms with van der Waals surface area (Å²) >= 11 is 0. The molecule has 2 N–H and O–H groups in total. The maximum atomic E-state index is 13.1. The summed E-state index contributed by atoms with van der Waals surface area (Å²) in [6.07, 6.45) is 3.67. The van der Waals surface area contributed by atoms with Crippen molar-refractivity contribution in [2.75, 3.05) is 19.7 Å². The maximum Gasteiger partial charge on any atom is 0.239 e. The monoisotopic (exact) mass is 332 g/mol. The molecule has 0 bridgehead atoms. The van der Waals surface area contributed by atoms with Crippen molar-refractivity contribution >= 4 is 5.91 Å². The zero-order chi connectivity index (χ0) is 17.1. The van der Waals surface area contributed by atoms with Gasteiger partial charge < -0.3 is 10.5 Å². The molecule has 3 rings (SSSR count). The first-order chi connectivity index (χ1) is 11.5. The number of halogens is 1. The van der Waals surface area contributed by atoms with E-state index in [9.17, 15) is 9.18 Å². The summed E-state index contributed by atoms with van der Waals surface area (Å²) in [5.74, 6) is -0.784. The van der Waals surface area contributed by atoms with Crippen LogP contribution in [0.4, 0.5) is 4.39 Å². The van der Waals surface area contributed by atoms with Crippen LogP contribution in [-0.4, -0.2) is 46.4 Å². The van der Waals surface area contributed by atoms with E-state index in [4.69, 9.17) is 10.5 Å². The third-order valence-electron chi connectivity index (χ3n) is 4.14. The van der Waals surface area contributed by atoms with Crippen LogP contribution in [0.1, 0.15) is 17.2 Å². The van der Waals surface area contributed by atoms with Crippen LogP contribution < -0.4 is 5.73 Å². The molecule has 1 aliphatic rings. The second kappa shape index (κ2) is 7.11. The zero-order valence-corrected chi connectivity index (χ0v) is 13.6. The standard InChI is InChI=1S/C17H21FN4O2/c1-12-8-20-22(9-12)11-15-10-21(6-7-24-15)16(17(19)23)13-2-4-14(18)5-3-13/h2-5,8-9,15-16H,6-7,10-11H2,1H3,(H2,19,23)/t15-,16+/m0/s1. The van der Waals surface area contributed by atoms with Gasteiger partial charge in [-0.3, -0.25) is 14.4 Å². The fourth-order valence-electron chi connectivity index (χ4n) is 3.06. The number of aromatic nitrogens is 2. The fourth-order valence-corrected chi connectivity index (χ4v) is 3.06. The average molecular weight is 332 g/mol. The molecule has 0 unspecified atom stereocenters. The highest BCUT2D eigenvalue weighted by Crippen LogP contribution is 2.23. The summed E-state index contributed by atoms with van der Waals surface area (Å²) in [4.78, 5) is 14.0. The Morgan fingerprint density at radius 1 is 1.46 bits per heavy atom. The van der Waals surface area contributed by atoms with Crippen LogP contribution in [0.15, 0.2) is 36.7 Å². The molecule has 2 aromatic rings. The van der Waals surface area contributed by atoms with E-state index in [-0.39, 0.29) is 11.9 Å². The molecular formula is C17H21FN4O2. The molecule has 1 fully saturated rings. The summed E-state index contributed by atoms with van der Waals surface area (Å²) in [6, 6.07) is 5.31. The zero-order valence-electron chi connectivity index (χ0n) is 13.6. The number of nitrogens with zero attached hydrogens (tertiary/aromatic N) is 3. The lowest BCUT2D eigenvalue weighted by Crippen LogP contribution is -2.49. The molecule has 1 aromatic carbocycles. The van der Waals surface area contributed by atoms with Gasteiger partial charge in [0.05, 0.1) is 25.5 Å². The minimum absolute atomic E-state index is 0.0830. The highest BCUT2D eigenvalue weighted by Gasteiger charge is 2.31. The number of hydrogen-bond donors (Lipinski definition) is 1. The molecule has 0 aliphatic carbocycles. The van der Waals surface area contributed by atoms with Gasteiger partial charge in [-0.1, -0.05) is 12.1 Å². The minimum Gasteiger partial charge on any atom is -0.374 e. The highest BCUT2D eigenvalue weighted by atomic mass is 19.1. The van der Waals surface area contributed by atoms with Crippen molar-refractivity contribution in [1.82, 2.24) is 14.7 Å². The Labute approximate surface area is 140 Å². The fraction of sp³-hybridized carbons (Fsp3) is 0.412. The number of carbonyl (C=O) groups is 1. The number of carbonyl (C=O) groups excluding carboxylic acids is 1. The largest absolute Gasteiger partial charge is 0.374 e. The van der Waals surface area contributed by atoms with Crippen LogP contribution in [-0.2, 0) is 16.1 Å². The Balaban J connectivity index is 1.73. The van der Waals surface area contributed by atoms with Crippen molar-refractivity contribution in [2.24, 2.45) is 5.73 Å². The van der Waals surface area contributed by atoms with Crippen LogP contribution in [0, 0.1) is 12.7 Å².